The Labute approximate surface area is 172 Å². The minimum atomic E-state index is -4.22. The van der Waals surface area contributed by atoms with Crippen molar-refractivity contribution in [1.82, 2.24) is 9.62 Å². The van der Waals surface area contributed by atoms with E-state index in [1.807, 2.05) is 0 Å². The van der Waals surface area contributed by atoms with Crippen LogP contribution < -0.4 is 9.46 Å². The number of carbonyl (C=O) groups is 1. The van der Waals surface area contributed by atoms with Gasteiger partial charge in [-0.3, -0.25) is 9.69 Å². The van der Waals surface area contributed by atoms with E-state index in [1.54, 1.807) is 4.72 Å². The van der Waals surface area contributed by atoms with Crippen molar-refractivity contribution in [1.29, 1.82) is 0 Å². The van der Waals surface area contributed by atoms with Crippen LogP contribution in [0.15, 0.2) is 12.1 Å². The van der Waals surface area contributed by atoms with Crippen LogP contribution in [0.5, 0.6) is 5.75 Å². The highest BCUT2D eigenvalue weighted by Crippen LogP contribution is 2.45. The number of carbonyl (C=O) groups excluding carboxylic acids is 1. The minimum Gasteiger partial charge on any atom is -0.493 e. The second-order valence-electron chi connectivity index (χ2n) is 7.99. The molecule has 0 atom stereocenters. The Morgan fingerprint density at radius 1 is 1.20 bits per heavy atom. The largest absolute Gasteiger partial charge is 0.493 e. The van der Waals surface area contributed by atoms with Crippen molar-refractivity contribution < 1.29 is 35.5 Å². The van der Waals surface area contributed by atoms with Gasteiger partial charge in [-0.1, -0.05) is 0 Å². The standard InChI is InChI=1S/C19H24F4N2O4S/c1-30(27,28)24-18(26)15-8-14(13-2-3-13)17(9-16(15)20)29-10-12-4-6-25(7-5-12)11-19(21,22)23/h8-9,12-13H,2-7,10-11H2,1H3,(H,24,26). The number of hydrogen-bond donors (Lipinski definition) is 1. The Bertz CT molecular complexity index is 893. The summed E-state index contributed by atoms with van der Waals surface area (Å²) in [6.07, 6.45) is -0.610. The fourth-order valence-electron chi connectivity index (χ4n) is 3.58. The third kappa shape index (κ3) is 6.56. The van der Waals surface area contributed by atoms with E-state index >= 15 is 0 Å². The molecule has 0 spiro atoms. The van der Waals surface area contributed by atoms with Gasteiger partial charge in [0.05, 0.1) is 25.0 Å². The molecule has 1 amide bonds. The van der Waals surface area contributed by atoms with Crippen LogP contribution in [0.2, 0.25) is 0 Å². The molecule has 3 rings (SSSR count). The fourth-order valence-corrected chi connectivity index (χ4v) is 4.03. The van der Waals surface area contributed by atoms with Gasteiger partial charge in [0.2, 0.25) is 10.0 Å². The Balaban J connectivity index is 1.64. The number of ether oxygens (including phenoxy) is 1. The van der Waals surface area contributed by atoms with Crippen LogP contribution in [-0.2, 0) is 10.0 Å². The maximum Gasteiger partial charge on any atom is 0.401 e. The molecular weight excluding hydrogens is 428 g/mol. The first-order chi connectivity index (χ1) is 13.9. The minimum absolute atomic E-state index is 0.0535. The molecule has 1 saturated heterocycles. The first-order valence-corrected chi connectivity index (χ1v) is 11.6. The van der Waals surface area contributed by atoms with Crippen LogP contribution in [0.3, 0.4) is 0 Å². The summed E-state index contributed by atoms with van der Waals surface area (Å²) in [7, 11) is -3.83. The lowest BCUT2D eigenvalue weighted by Gasteiger charge is -2.32. The molecule has 2 fully saturated rings. The molecule has 1 aliphatic heterocycles. The van der Waals surface area contributed by atoms with Crippen molar-refractivity contribution in [3.8, 4) is 5.75 Å². The summed E-state index contributed by atoms with van der Waals surface area (Å²) in [5, 5.41) is 0. The Morgan fingerprint density at radius 3 is 2.37 bits per heavy atom. The van der Waals surface area contributed by atoms with E-state index in [2.05, 4.69) is 0 Å². The molecular formula is C19H24F4N2O4S. The number of amides is 1. The number of likely N-dealkylation sites (tertiary alicyclic amines) is 1. The Kier molecular flexibility index (Phi) is 6.61. The van der Waals surface area contributed by atoms with Gasteiger partial charge in [-0.05, 0) is 62.2 Å². The molecule has 0 aromatic heterocycles. The number of benzene rings is 1. The van der Waals surface area contributed by atoms with E-state index in [0.29, 0.717) is 37.2 Å². The molecule has 2 aliphatic rings. The highest BCUT2D eigenvalue weighted by atomic mass is 32.2. The summed E-state index contributed by atoms with van der Waals surface area (Å²) in [4.78, 5) is 13.4. The Hall–Kier alpha value is -1.88. The molecule has 168 valence electrons. The van der Waals surface area contributed by atoms with Crippen molar-refractivity contribution in [2.24, 2.45) is 5.92 Å². The van der Waals surface area contributed by atoms with Gasteiger partial charge in [-0.25, -0.2) is 17.5 Å². The average Bonchev–Trinajstić information content (AvgIpc) is 3.43. The second-order valence-corrected chi connectivity index (χ2v) is 9.74. The first-order valence-electron chi connectivity index (χ1n) is 9.69. The number of alkyl halides is 3. The van der Waals surface area contributed by atoms with Gasteiger partial charge in [0.15, 0.2) is 0 Å². The van der Waals surface area contributed by atoms with Gasteiger partial charge in [-0.2, -0.15) is 13.2 Å². The van der Waals surface area contributed by atoms with E-state index in [9.17, 15) is 30.8 Å². The van der Waals surface area contributed by atoms with Crippen LogP contribution in [0, 0.1) is 11.7 Å². The number of sulfonamides is 1. The molecule has 30 heavy (non-hydrogen) atoms. The van der Waals surface area contributed by atoms with Crippen molar-refractivity contribution in [2.45, 2.75) is 37.8 Å². The van der Waals surface area contributed by atoms with Gasteiger partial charge in [0, 0.05) is 6.07 Å². The quantitative estimate of drug-likeness (QED) is 0.644. The molecule has 0 unspecified atom stereocenters. The van der Waals surface area contributed by atoms with Crippen LogP contribution in [0.1, 0.15) is 47.5 Å². The lowest BCUT2D eigenvalue weighted by Crippen LogP contribution is -2.41. The summed E-state index contributed by atoms with van der Waals surface area (Å²) in [5.41, 5.74) is 0.277. The van der Waals surface area contributed by atoms with E-state index in [0.717, 1.165) is 25.2 Å². The monoisotopic (exact) mass is 452 g/mol. The second kappa shape index (κ2) is 8.70. The molecule has 1 aromatic carbocycles. The Morgan fingerprint density at radius 2 is 1.83 bits per heavy atom. The third-order valence-electron chi connectivity index (χ3n) is 5.22. The normalized spacial score (nSPS) is 19.0. The summed E-state index contributed by atoms with van der Waals surface area (Å²) >= 11 is 0. The number of piperidine rings is 1. The summed E-state index contributed by atoms with van der Waals surface area (Å²) in [5.74, 6) is -1.48. The van der Waals surface area contributed by atoms with E-state index in [1.165, 1.54) is 11.0 Å². The molecule has 6 nitrogen and oxygen atoms in total. The highest BCUT2D eigenvalue weighted by molar-refractivity contribution is 7.89. The van der Waals surface area contributed by atoms with Gasteiger partial charge < -0.3 is 4.74 Å². The molecule has 1 aliphatic carbocycles. The van der Waals surface area contributed by atoms with E-state index < -0.39 is 34.5 Å². The molecule has 1 saturated carbocycles. The first kappa shape index (κ1) is 22.8. The smallest absolute Gasteiger partial charge is 0.401 e. The highest BCUT2D eigenvalue weighted by Gasteiger charge is 2.33. The zero-order valence-corrected chi connectivity index (χ0v) is 17.3. The summed E-state index contributed by atoms with van der Waals surface area (Å²) in [6, 6.07) is 2.42. The average molecular weight is 452 g/mol. The van der Waals surface area contributed by atoms with Crippen LogP contribution >= 0.6 is 0 Å². The number of nitrogens with zero attached hydrogens (tertiary/aromatic N) is 1. The molecule has 1 heterocycles. The van der Waals surface area contributed by atoms with Crippen LogP contribution in [0.4, 0.5) is 17.6 Å². The lowest BCUT2D eigenvalue weighted by atomic mass is 9.97. The molecule has 1 aromatic rings. The van der Waals surface area contributed by atoms with E-state index in [-0.39, 0.29) is 24.0 Å². The summed E-state index contributed by atoms with van der Waals surface area (Å²) < 4.78 is 82.0. The molecule has 11 heteroatoms. The number of halogens is 4. The van der Waals surface area contributed by atoms with Gasteiger partial charge in [-0.15, -0.1) is 0 Å². The zero-order valence-electron chi connectivity index (χ0n) is 16.5. The number of nitrogens with one attached hydrogen (secondary N) is 1. The van der Waals surface area contributed by atoms with Crippen molar-refractivity contribution in [2.75, 3.05) is 32.5 Å². The van der Waals surface area contributed by atoms with Crippen LogP contribution in [0.25, 0.3) is 0 Å². The SMILES string of the molecule is CS(=O)(=O)NC(=O)c1cc(C2CC2)c(OCC2CCN(CC(F)(F)F)CC2)cc1F. The summed E-state index contributed by atoms with van der Waals surface area (Å²) in [6.45, 7) is -0.0352. The maximum atomic E-state index is 14.5. The predicted octanol–water partition coefficient (Wildman–Crippen LogP) is 3.05. The van der Waals surface area contributed by atoms with Gasteiger partial charge >= 0.3 is 6.18 Å². The number of hydrogen-bond acceptors (Lipinski definition) is 5. The number of rotatable bonds is 7. The van der Waals surface area contributed by atoms with Crippen molar-refractivity contribution in [3.05, 3.63) is 29.1 Å². The van der Waals surface area contributed by atoms with Crippen LogP contribution in [-0.4, -0.2) is 57.9 Å². The molecule has 0 radical (unpaired) electrons. The van der Waals surface area contributed by atoms with Crippen molar-refractivity contribution in [3.63, 3.8) is 0 Å². The van der Waals surface area contributed by atoms with Gasteiger partial charge in [0.25, 0.3) is 5.91 Å². The van der Waals surface area contributed by atoms with Crippen molar-refractivity contribution >= 4 is 15.9 Å². The van der Waals surface area contributed by atoms with Gasteiger partial charge in [0.1, 0.15) is 11.6 Å². The zero-order chi connectivity index (χ0) is 22.1. The van der Waals surface area contributed by atoms with E-state index in [4.69, 9.17) is 4.74 Å². The fraction of sp³-hybridized carbons (Fsp3) is 0.632. The lowest BCUT2D eigenvalue weighted by molar-refractivity contribution is -0.148. The third-order valence-corrected chi connectivity index (χ3v) is 5.78. The molecule has 1 N–H and O–H groups in total. The maximum absolute atomic E-state index is 14.5. The molecule has 0 bridgehead atoms. The predicted molar refractivity (Wildman–Crippen MR) is 101 cm³/mol. The topological polar surface area (TPSA) is 75.7 Å².